The molecule has 0 radical (unpaired) electrons. The van der Waals surface area contributed by atoms with Crippen LogP contribution in [0, 0.1) is 9.81 Å². The van der Waals surface area contributed by atoms with Gasteiger partial charge in [-0.3, -0.25) is 4.90 Å². The lowest BCUT2D eigenvalue weighted by molar-refractivity contribution is -0.137. The van der Waals surface area contributed by atoms with E-state index in [4.69, 9.17) is 16.3 Å². The van der Waals surface area contributed by atoms with Gasteiger partial charge in [-0.2, -0.15) is 0 Å². The van der Waals surface area contributed by atoms with Crippen LogP contribution in [0.1, 0.15) is 11.1 Å². The highest BCUT2D eigenvalue weighted by molar-refractivity contribution is 14.1. The summed E-state index contributed by atoms with van der Waals surface area (Å²) in [5.74, 6) is 0.0499. The Labute approximate surface area is 261 Å². The predicted octanol–water partition coefficient (Wildman–Crippen LogP) is 5.36. The molecule has 0 aliphatic carbocycles. The minimum atomic E-state index is -1.05. The minimum absolute atomic E-state index is 0.0512. The molecule has 1 aliphatic heterocycles. The number of halogens is 2. The fourth-order valence-corrected chi connectivity index (χ4v) is 7.21. The number of aliphatic carboxylic acids is 1. The van der Waals surface area contributed by atoms with Gasteiger partial charge in [0.25, 0.3) is 0 Å². The minimum Gasteiger partial charge on any atom is -0.508 e. The van der Waals surface area contributed by atoms with Gasteiger partial charge in [0, 0.05) is 44.7 Å². The van der Waals surface area contributed by atoms with Gasteiger partial charge in [0.15, 0.2) is 0 Å². The molecular weight excluding hydrogens is 677 g/mol. The summed E-state index contributed by atoms with van der Waals surface area (Å²) in [4.78, 5) is 26.6. The Hall–Kier alpha value is -2.71. The van der Waals surface area contributed by atoms with Crippen molar-refractivity contribution >= 4 is 67.5 Å². The lowest BCUT2D eigenvalue weighted by Gasteiger charge is -2.32. The number of nitrogens with zero attached hydrogens (tertiary/aromatic N) is 4. The molecule has 0 bridgehead atoms. The number of carbonyl (C=O) groups is 1. The van der Waals surface area contributed by atoms with E-state index in [-0.39, 0.29) is 12.2 Å². The molecule has 3 N–H and O–H groups in total. The van der Waals surface area contributed by atoms with Gasteiger partial charge < -0.3 is 25.2 Å². The lowest BCUT2D eigenvalue weighted by Crippen LogP contribution is -2.45. The summed E-state index contributed by atoms with van der Waals surface area (Å²) >= 11 is 10.6. The molecule has 0 spiro atoms. The number of benzene rings is 2. The van der Waals surface area contributed by atoms with Crippen molar-refractivity contribution in [1.29, 1.82) is 0 Å². The van der Waals surface area contributed by atoms with E-state index in [1.165, 1.54) is 17.7 Å². The predicted molar refractivity (Wildman–Crippen MR) is 172 cm³/mol. The second-order valence-corrected chi connectivity index (χ2v) is 13.3. The van der Waals surface area contributed by atoms with Crippen LogP contribution in [0.15, 0.2) is 42.7 Å². The molecule has 1 atom stereocenters. The Morgan fingerprint density at radius 3 is 2.68 bits per heavy atom. The molecule has 0 saturated carbocycles. The first-order valence-corrected chi connectivity index (χ1v) is 15.5. The molecule has 0 unspecified atom stereocenters. The molecule has 2 aromatic carbocycles. The molecule has 2 aromatic heterocycles. The Balaban J connectivity index is 1.42. The number of thiophene rings is 1. The number of hydrogen-bond donors (Lipinski definition) is 3. The Morgan fingerprint density at radius 2 is 1.95 bits per heavy atom. The van der Waals surface area contributed by atoms with Crippen LogP contribution >= 0.6 is 45.5 Å². The topological polar surface area (TPSA) is 111 Å². The fourth-order valence-electron chi connectivity index (χ4n) is 4.92. The number of hydrogen-bond acceptors (Lipinski definition) is 9. The molecule has 0 amide bonds. The van der Waals surface area contributed by atoms with Crippen molar-refractivity contribution in [3.63, 3.8) is 0 Å². The summed E-state index contributed by atoms with van der Waals surface area (Å²) in [7, 11) is 2.14. The number of ether oxygens (including phenoxy) is 1. The molecule has 216 valence electrons. The molecule has 5 rings (SSSR count). The van der Waals surface area contributed by atoms with Crippen LogP contribution in [0.2, 0.25) is 5.02 Å². The average Bonchev–Trinajstić information content (AvgIpc) is 3.29. The first-order chi connectivity index (χ1) is 19.7. The highest BCUT2D eigenvalue weighted by Crippen LogP contribution is 2.45. The molecular formula is C29H31ClIN5O4S. The number of aromatic nitrogens is 2. The van der Waals surface area contributed by atoms with Crippen LogP contribution in [-0.4, -0.2) is 88.4 Å². The van der Waals surface area contributed by atoms with E-state index in [1.54, 1.807) is 24.3 Å². The third-order valence-electron chi connectivity index (χ3n) is 7.35. The highest BCUT2D eigenvalue weighted by Gasteiger charge is 2.25. The maximum atomic E-state index is 12.2. The second-order valence-electron chi connectivity index (χ2n) is 10.1. The van der Waals surface area contributed by atoms with E-state index in [0.29, 0.717) is 28.8 Å². The summed E-state index contributed by atoms with van der Waals surface area (Å²) in [6.45, 7) is 7.53. The fraction of sp³-hybridized carbons (Fsp3) is 0.345. The van der Waals surface area contributed by atoms with Crippen molar-refractivity contribution in [2.75, 3.05) is 51.7 Å². The number of para-hydroxylation sites is 1. The number of nitrogens with one attached hydrogen (secondary N) is 1. The number of fused-ring (bicyclic) bond motifs is 1. The SMILES string of the molecule is Cc1c(-c2c(I)sc3ncnc(N[C@H](Cc4ccccc4O)C(=O)O)c23)ccc(OCCN2CCN(C)CC2)c1Cl. The van der Waals surface area contributed by atoms with Gasteiger partial charge >= 0.3 is 5.97 Å². The normalized spacial score (nSPS) is 15.2. The molecule has 3 heterocycles. The molecule has 12 heteroatoms. The van der Waals surface area contributed by atoms with Gasteiger partial charge in [0.1, 0.15) is 41.1 Å². The second kappa shape index (κ2) is 13.1. The number of phenolic OH excluding ortho intramolecular Hbond substituents is 1. The highest BCUT2D eigenvalue weighted by atomic mass is 127. The maximum Gasteiger partial charge on any atom is 0.326 e. The van der Waals surface area contributed by atoms with Crippen molar-refractivity contribution in [3.8, 4) is 22.6 Å². The van der Waals surface area contributed by atoms with Gasteiger partial charge in [-0.25, -0.2) is 14.8 Å². The number of phenols is 1. The lowest BCUT2D eigenvalue weighted by atomic mass is 10.00. The number of rotatable bonds is 10. The number of carboxylic acids is 1. The van der Waals surface area contributed by atoms with Crippen molar-refractivity contribution in [3.05, 3.63) is 61.8 Å². The molecule has 1 saturated heterocycles. The Kier molecular flexibility index (Phi) is 9.49. The third-order valence-corrected chi connectivity index (χ3v) is 9.91. The van der Waals surface area contributed by atoms with E-state index in [2.05, 4.69) is 54.7 Å². The van der Waals surface area contributed by atoms with E-state index >= 15 is 0 Å². The summed E-state index contributed by atoms with van der Waals surface area (Å²) < 4.78 is 7.08. The van der Waals surface area contributed by atoms with Crippen molar-refractivity contribution in [2.24, 2.45) is 0 Å². The largest absolute Gasteiger partial charge is 0.508 e. The van der Waals surface area contributed by atoms with Crippen molar-refractivity contribution < 1.29 is 19.7 Å². The zero-order chi connectivity index (χ0) is 29.1. The van der Waals surface area contributed by atoms with Gasteiger partial charge in [-0.05, 0) is 65.4 Å². The summed E-state index contributed by atoms with van der Waals surface area (Å²) in [5.41, 5.74) is 3.19. The van der Waals surface area contributed by atoms with Crippen LogP contribution < -0.4 is 10.1 Å². The maximum absolute atomic E-state index is 12.2. The average molecular weight is 708 g/mol. The first kappa shape index (κ1) is 29.8. The van der Waals surface area contributed by atoms with Crippen molar-refractivity contribution in [1.82, 2.24) is 19.8 Å². The number of aromatic hydroxyl groups is 1. The number of carboxylic acid groups (broad SMARTS) is 1. The van der Waals surface area contributed by atoms with Gasteiger partial charge in [0.05, 0.1) is 13.3 Å². The summed E-state index contributed by atoms with van der Waals surface area (Å²) in [6.07, 6.45) is 1.51. The standard InChI is InChI=1S/C29H31ClIN5O4S/c1-17-19(7-8-22(25(17)30)40-14-13-36-11-9-35(2)10-12-36)23-24-27(32-16-33-28(24)41-26(23)31)34-20(29(38)39)15-18-5-3-4-6-21(18)37/h3-8,16,20,37H,9-15H2,1-2H3,(H,38,39)(H,32,33,34)/t20-/m1/s1. The number of likely N-dealkylation sites (N-methyl/N-ethyl adjacent to an activating group) is 1. The summed E-state index contributed by atoms with van der Waals surface area (Å²) in [6, 6.07) is 9.58. The van der Waals surface area contributed by atoms with E-state index in [9.17, 15) is 15.0 Å². The number of piperazine rings is 1. The van der Waals surface area contributed by atoms with E-state index in [0.717, 1.165) is 62.5 Å². The van der Waals surface area contributed by atoms with E-state index < -0.39 is 12.0 Å². The smallest absolute Gasteiger partial charge is 0.326 e. The van der Waals surface area contributed by atoms with Crippen molar-refractivity contribution in [2.45, 2.75) is 19.4 Å². The summed E-state index contributed by atoms with van der Waals surface area (Å²) in [5, 5.41) is 24.6. The van der Waals surface area contributed by atoms with Crippen LogP contribution in [-0.2, 0) is 11.2 Å². The van der Waals surface area contributed by atoms with Crippen LogP contribution in [0.4, 0.5) is 5.82 Å². The zero-order valence-electron chi connectivity index (χ0n) is 22.7. The third kappa shape index (κ3) is 6.69. The van der Waals surface area contributed by atoms with Crippen LogP contribution in [0.5, 0.6) is 11.5 Å². The number of anilines is 1. The quantitative estimate of drug-likeness (QED) is 0.188. The van der Waals surface area contributed by atoms with Crippen LogP contribution in [0.3, 0.4) is 0 Å². The molecule has 4 aromatic rings. The Bertz CT molecular complexity index is 1560. The van der Waals surface area contributed by atoms with Gasteiger partial charge in [0.2, 0.25) is 0 Å². The van der Waals surface area contributed by atoms with Gasteiger partial charge in [-0.1, -0.05) is 35.9 Å². The molecule has 1 fully saturated rings. The van der Waals surface area contributed by atoms with Gasteiger partial charge in [-0.15, -0.1) is 11.3 Å². The Morgan fingerprint density at radius 1 is 1.20 bits per heavy atom. The molecule has 1 aliphatic rings. The monoisotopic (exact) mass is 707 g/mol. The molecule has 41 heavy (non-hydrogen) atoms. The van der Waals surface area contributed by atoms with E-state index in [1.807, 2.05) is 19.1 Å². The molecule has 9 nitrogen and oxygen atoms in total. The van der Waals surface area contributed by atoms with Crippen LogP contribution in [0.25, 0.3) is 21.3 Å². The zero-order valence-corrected chi connectivity index (χ0v) is 26.5. The first-order valence-electron chi connectivity index (χ1n) is 13.2.